The van der Waals surface area contributed by atoms with Crippen molar-refractivity contribution in [3.63, 3.8) is 0 Å². The maximum Gasteiger partial charge on any atom is 0.323 e. The molecule has 0 heterocycles. The van der Waals surface area contributed by atoms with Crippen LogP contribution in [0.4, 0.5) is 0 Å². The smallest absolute Gasteiger partial charge is 0.323 e. The molecule has 0 aliphatic heterocycles. The number of hydrogen-bond acceptors (Lipinski definition) is 5. The third-order valence-electron chi connectivity index (χ3n) is 2.19. The minimum Gasteiger partial charge on any atom is -0.465 e. The van der Waals surface area contributed by atoms with Gasteiger partial charge >= 0.3 is 5.97 Å². The van der Waals surface area contributed by atoms with Crippen LogP contribution >= 0.6 is 0 Å². The maximum atomic E-state index is 11.6. The average molecular weight is 247 g/mol. The quantitative estimate of drug-likeness (QED) is 0.435. The molecule has 0 bridgehead atoms. The van der Waals surface area contributed by atoms with Crippen molar-refractivity contribution in [2.45, 2.75) is 32.7 Å². The van der Waals surface area contributed by atoms with Crippen molar-refractivity contribution in [2.24, 2.45) is 0 Å². The number of nitrogens with one attached hydrogen (secondary N) is 1. The molecule has 5 nitrogen and oxygen atoms in total. The normalized spacial score (nSPS) is 12.4. The Hall–Kier alpha value is -0.650. The molecule has 0 fully saturated rings. The predicted molar refractivity (Wildman–Crippen MR) is 66.0 cm³/mol. The Labute approximate surface area is 104 Å². The van der Waals surface area contributed by atoms with E-state index in [9.17, 15) is 4.79 Å². The molecule has 0 aromatic carbocycles. The van der Waals surface area contributed by atoms with Gasteiger partial charge in [0.1, 0.15) is 6.04 Å². The predicted octanol–water partition coefficient (Wildman–Crippen LogP) is 0.971. The Morgan fingerprint density at radius 2 is 2.00 bits per heavy atom. The highest BCUT2D eigenvalue weighted by Crippen LogP contribution is 1.97. The van der Waals surface area contributed by atoms with Gasteiger partial charge in [0.15, 0.2) is 0 Å². The van der Waals surface area contributed by atoms with Gasteiger partial charge < -0.3 is 19.5 Å². The van der Waals surface area contributed by atoms with E-state index in [1.165, 1.54) is 0 Å². The van der Waals surface area contributed by atoms with Gasteiger partial charge in [-0.25, -0.2) is 0 Å². The number of methoxy groups -OCH3 is 1. The zero-order valence-corrected chi connectivity index (χ0v) is 11.2. The first-order valence-electron chi connectivity index (χ1n) is 6.22. The summed E-state index contributed by atoms with van der Waals surface area (Å²) in [6.45, 7) is 6.75. The fourth-order valence-corrected chi connectivity index (χ4v) is 1.31. The second-order valence-electron chi connectivity index (χ2n) is 3.65. The SMILES string of the molecule is CCCNC(CCOCCOC)C(=O)OCC. The maximum absolute atomic E-state index is 11.6. The van der Waals surface area contributed by atoms with Gasteiger partial charge in [-0.1, -0.05) is 6.92 Å². The average Bonchev–Trinajstić information content (AvgIpc) is 2.33. The van der Waals surface area contributed by atoms with E-state index in [-0.39, 0.29) is 12.0 Å². The van der Waals surface area contributed by atoms with E-state index >= 15 is 0 Å². The van der Waals surface area contributed by atoms with E-state index in [4.69, 9.17) is 14.2 Å². The molecule has 0 aliphatic carbocycles. The number of carbonyl (C=O) groups is 1. The van der Waals surface area contributed by atoms with Crippen LogP contribution < -0.4 is 5.32 Å². The highest BCUT2D eigenvalue weighted by molar-refractivity contribution is 5.75. The van der Waals surface area contributed by atoms with Crippen LogP contribution in [0.25, 0.3) is 0 Å². The topological polar surface area (TPSA) is 56.8 Å². The van der Waals surface area contributed by atoms with Crippen molar-refractivity contribution >= 4 is 5.97 Å². The molecule has 0 saturated heterocycles. The molecule has 1 unspecified atom stereocenters. The minimum absolute atomic E-state index is 0.198. The molecule has 0 aliphatic rings. The molecule has 17 heavy (non-hydrogen) atoms. The number of ether oxygens (including phenoxy) is 3. The lowest BCUT2D eigenvalue weighted by molar-refractivity contribution is -0.146. The summed E-state index contributed by atoms with van der Waals surface area (Å²) in [6.07, 6.45) is 1.61. The van der Waals surface area contributed by atoms with E-state index in [0.717, 1.165) is 13.0 Å². The van der Waals surface area contributed by atoms with Crippen LogP contribution in [0.5, 0.6) is 0 Å². The van der Waals surface area contributed by atoms with Gasteiger partial charge in [-0.3, -0.25) is 4.79 Å². The number of esters is 1. The monoisotopic (exact) mass is 247 g/mol. The summed E-state index contributed by atoms with van der Waals surface area (Å²) in [6, 6.07) is -0.266. The number of rotatable bonds is 11. The summed E-state index contributed by atoms with van der Waals surface area (Å²) >= 11 is 0. The lowest BCUT2D eigenvalue weighted by Crippen LogP contribution is -2.39. The van der Waals surface area contributed by atoms with Gasteiger partial charge in [0, 0.05) is 13.7 Å². The molecular formula is C12H25NO4. The molecule has 1 atom stereocenters. The molecule has 0 saturated carbocycles. The summed E-state index contributed by atoms with van der Waals surface area (Å²) < 4.78 is 15.2. The standard InChI is InChI=1S/C12H25NO4/c1-4-7-13-11(12(14)17-5-2)6-8-16-10-9-15-3/h11,13H,4-10H2,1-3H3. The molecule has 102 valence electrons. The molecule has 5 heteroatoms. The minimum atomic E-state index is -0.266. The molecule has 0 radical (unpaired) electrons. The van der Waals surface area contributed by atoms with E-state index in [2.05, 4.69) is 12.2 Å². The number of carbonyl (C=O) groups excluding carboxylic acids is 1. The zero-order valence-electron chi connectivity index (χ0n) is 11.2. The van der Waals surface area contributed by atoms with E-state index in [1.54, 1.807) is 7.11 Å². The van der Waals surface area contributed by atoms with E-state index in [0.29, 0.717) is 32.8 Å². The first kappa shape index (κ1) is 16.4. The summed E-state index contributed by atoms with van der Waals surface area (Å²) in [7, 11) is 1.63. The van der Waals surface area contributed by atoms with Crippen LogP contribution in [-0.2, 0) is 19.0 Å². The van der Waals surface area contributed by atoms with Crippen LogP contribution in [0.3, 0.4) is 0 Å². The van der Waals surface area contributed by atoms with Crippen molar-refractivity contribution < 1.29 is 19.0 Å². The summed E-state index contributed by atoms with van der Waals surface area (Å²) in [5.74, 6) is -0.198. The van der Waals surface area contributed by atoms with Crippen molar-refractivity contribution in [3.05, 3.63) is 0 Å². The van der Waals surface area contributed by atoms with Crippen LogP contribution in [0.15, 0.2) is 0 Å². The Bertz CT molecular complexity index is 187. The molecule has 0 rings (SSSR count). The Morgan fingerprint density at radius 1 is 1.24 bits per heavy atom. The molecular weight excluding hydrogens is 222 g/mol. The van der Waals surface area contributed by atoms with Crippen LogP contribution in [0, 0.1) is 0 Å². The van der Waals surface area contributed by atoms with Crippen LogP contribution in [0.1, 0.15) is 26.7 Å². The summed E-state index contributed by atoms with van der Waals surface area (Å²) in [5, 5.41) is 3.16. The Balaban J connectivity index is 3.80. The third-order valence-corrected chi connectivity index (χ3v) is 2.19. The first-order chi connectivity index (χ1) is 8.26. The summed E-state index contributed by atoms with van der Waals surface area (Å²) in [4.78, 5) is 11.6. The molecule has 0 aromatic heterocycles. The van der Waals surface area contributed by atoms with Crippen molar-refractivity contribution in [1.82, 2.24) is 5.32 Å². The summed E-state index contributed by atoms with van der Waals surface area (Å²) in [5.41, 5.74) is 0. The van der Waals surface area contributed by atoms with Crippen molar-refractivity contribution in [1.29, 1.82) is 0 Å². The van der Waals surface area contributed by atoms with E-state index in [1.807, 2.05) is 6.92 Å². The van der Waals surface area contributed by atoms with Crippen LogP contribution in [-0.4, -0.2) is 52.1 Å². The largest absolute Gasteiger partial charge is 0.465 e. The number of hydrogen-bond donors (Lipinski definition) is 1. The second kappa shape index (κ2) is 11.8. The second-order valence-corrected chi connectivity index (χ2v) is 3.65. The molecule has 1 N–H and O–H groups in total. The van der Waals surface area contributed by atoms with Gasteiger partial charge in [-0.15, -0.1) is 0 Å². The molecule has 0 amide bonds. The van der Waals surface area contributed by atoms with Crippen LogP contribution in [0.2, 0.25) is 0 Å². The van der Waals surface area contributed by atoms with Gasteiger partial charge in [-0.05, 0) is 26.3 Å². The fraction of sp³-hybridized carbons (Fsp3) is 0.917. The Kier molecular flexibility index (Phi) is 11.4. The van der Waals surface area contributed by atoms with Crippen molar-refractivity contribution in [2.75, 3.05) is 40.1 Å². The highest BCUT2D eigenvalue weighted by Gasteiger charge is 2.18. The van der Waals surface area contributed by atoms with Gasteiger partial charge in [0.2, 0.25) is 0 Å². The van der Waals surface area contributed by atoms with Crippen molar-refractivity contribution in [3.8, 4) is 0 Å². The zero-order chi connectivity index (χ0) is 12.9. The highest BCUT2D eigenvalue weighted by atomic mass is 16.5. The third kappa shape index (κ3) is 9.09. The molecule has 0 spiro atoms. The van der Waals surface area contributed by atoms with E-state index < -0.39 is 0 Å². The van der Waals surface area contributed by atoms with Gasteiger partial charge in [0.25, 0.3) is 0 Å². The fourth-order valence-electron chi connectivity index (χ4n) is 1.31. The first-order valence-corrected chi connectivity index (χ1v) is 6.22. The Morgan fingerprint density at radius 3 is 2.59 bits per heavy atom. The lowest BCUT2D eigenvalue weighted by Gasteiger charge is -2.16. The van der Waals surface area contributed by atoms with Gasteiger partial charge in [-0.2, -0.15) is 0 Å². The van der Waals surface area contributed by atoms with Gasteiger partial charge in [0.05, 0.1) is 19.8 Å². The molecule has 0 aromatic rings. The lowest BCUT2D eigenvalue weighted by atomic mass is 10.2.